The minimum Gasteiger partial charge on any atom is -0.451 e. The highest BCUT2D eigenvalue weighted by Crippen LogP contribution is 2.24. The van der Waals surface area contributed by atoms with Crippen LogP contribution in [0.5, 0.6) is 0 Å². The third kappa shape index (κ3) is 2.81. The number of rotatable bonds is 3. The van der Waals surface area contributed by atoms with Crippen molar-refractivity contribution in [2.45, 2.75) is 25.3 Å². The summed E-state index contributed by atoms with van der Waals surface area (Å²) in [4.78, 5) is 12.1. The SMILES string of the molecule is NC1CCC(CNC(=O)c2cc3cc(Cl)ccc3o2)C1. The van der Waals surface area contributed by atoms with Crippen LogP contribution in [0.3, 0.4) is 0 Å². The fraction of sp³-hybridized carbons (Fsp3) is 0.400. The summed E-state index contributed by atoms with van der Waals surface area (Å²) in [5.74, 6) is 0.620. The number of carbonyl (C=O) groups excluding carboxylic acids is 1. The quantitative estimate of drug-likeness (QED) is 0.914. The van der Waals surface area contributed by atoms with Crippen molar-refractivity contribution in [2.24, 2.45) is 11.7 Å². The van der Waals surface area contributed by atoms with Gasteiger partial charge in [0.05, 0.1) is 0 Å². The molecule has 5 heteroatoms. The van der Waals surface area contributed by atoms with E-state index in [2.05, 4.69) is 5.32 Å². The van der Waals surface area contributed by atoms with Gasteiger partial charge in [0, 0.05) is 23.0 Å². The molecule has 1 aliphatic rings. The number of carbonyl (C=O) groups is 1. The summed E-state index contributed by atoms with van der Waals surface area (Å²) in [7, 11) is 0. The summed E-state index contributed by atoms with van der Waals surface area (Å²) < 4.78 is 5.53. The molecule has 1 fully saturated rings. The van der Waals surface area contributed by atoms with Crippen LogP contribution in [-0.2, 0) is 0 Å². The molecule has 0 spiro atoms. The van der Waals surface area contributed by atoms with E-state index in [0.29, 0.717) is 28.8 Å². The Kier molecular flexibility index (Phi) is 3.68. The van der Waals surface area contributed by atoms with E-state index in [0.717, 1.165) is 24.6 Å². The molecule has 1 amide bonds. The van der Waals surface area contributed by atoms with Gasteiger partial charge in [-0.1, -0.05) is 11.6 Å². The van der Waals surface area contributed by atoms with Gasteiger partial charge in [-0.15, -0.1) is 0 Å². The van der Waals surface area contributed by atoms with Crippen LogP contribution in [-0.4, -0.2) is 18.5 Å². The highest BCUT2D eigenvalue weighted by Gasteiger charge is 2.22. The van der Waals surface area contributed by atoms with Crippen LogP contribution >= 0.6 is 11.6 Å². The van der Waals surface area contributed by atoms with Gasteiger partial charge in [0.2, 0.25) is 0 Å². The lowest BCUT2D eigenvalue weighted by atomic mass is 10.1. The van der Waals surface area contributed by atoms with Crippen LogP contribution in [0.4, 0.5) is 0 Å². The average Bonchev–Trinajstić information content (AvgIpc) is 3.01. The van der Waals surface area contributed by atoms with Crippen LogP contribution in [0.2, 0.25) is 5.02 Å². The van der Waals surface area contributed by atoms with Crippen LogP contribution in [0, 0.1) is 5.92 Å². The first kappa shape index (κ1) is 13.5. The molecule has 1 aliphatic carbocycles. The Labute approximate surface area is 122 Å². The Morgan fingerprint density at radius 3 is 3.00 bits per heavy atom. The molecule has 20 heavy (non-hydrogen) atoms. The van der Waals surface area contributed by atoms with Crippen molar-refractivity contribution >= 4 is 28.5 Å². The van der Waals surface area contributed by atoms with Gasteiger partial charge in [-0.05, 0) is 49.4 Å². The summed E-state index contributed by atoms with van der Waals surface area (Å²) in [6, 6.07) is 7.30. The van der Waals surface area contributed by atoms with Gasteiger partial charge in [0.25, 0.3) is 5.91 Å². The molecule has 1 saturated carbocycles. The first-order valence-electron chi connectivity index (χ1n) is 6.84. The van der Waals surface area contributed by atoms with E-state index in [1.807, 2.05) is 0 Å². The largest absolute Gasteiger partial charge is 0.451 e. The van der Waals surface area contributed by atoms with Crippen molar-refractivity contribution in [3.05, 3.63) is 35.0 Å². The number of benzene rings is 1. The van der Waals surface area contributed by atoms with E-state index in [9.17, 15) is 4.79 Å². The normalized spacial score (nSPS) is 22.3. The van der Waals surface area contributed by atoms with Crippen molar-refractivity contribution in [2.75, 3.05) is 6.54 Å². The zero-order valence-corrected chi connectivity index (χ0v) is 11.8. The molecule has 2 aromatic rings. The number of nitrogens with two attached hydrogens (primary N) is 1. The minimum atomic E-state index is -0.183. The van der Waals surface area contributed by atoms with Gasteiger partial charge >= 0.3 is 0 Å². The molecule has 4 nitrogen and oxygen atoms in total. The lowest BCUT2D eigenvalue weighted by Crippen LogP contribution is -2.28. The van der Waals surface area contributed by atoms with E-state index in [-0.39, 0.29) is 11.9 Å². The number of nitrogens with one attached hydrogen (secondary N) is 1. The molecular formula is C15H17ClN2O2. The topological polar surface area (TPSA) is 68.3 Å². The molecule has 2 unspecified atom stereocenters. The van der Waals surface area contributed by atoms with Gasteiger partial charge in [0.1, 0.15) is 5.58 Å². The predicted molar refractivity (Wildman–Crippen MR) is 78.9 cm³/mol. The Hall–Kier alpha value is -1.52. The standard InChI is InChI=1S/C15H17ClN2O2/c16-11-2-4-13-10(6-11)7-14(20-13)15(19)18-8-9-1-3-12(17)5-9/h2,4,6-7,9,12H,1,3,5,8,17H2,(H,18,19). The molecule has 0 radical (unpaired) electrons. The monoisotopic (exact) mass is 292 g/mol. The average molecular weight is 293 g/mol. The fourth-order valence-electron chi connectivity index (χ4n) is 2.75. The van der Waals surface area contributed by atoms with Crippen LogP contribution in [0.1, 0.15) is 29.8 Å². The maximum Gasteiger partial charge on any atom is 0.287 e. The minimum absolute atomic E-state index is 0.183. The summed E-state index contributed by atoms with van der Waals surface area (Å²) in [5.41, 5.74) is 6.53. The zero-order chi connectivity index (χ0) is 14.1. The Morgan fingerprint density at radius 1 is 1.40 bits per heavy atom. The van der Waals surface area contributed by atoms with E-state index >= 15 is 0 Å². The fourth-order valence-corrected chi connectivity index (χ4v) is 2.93. The first-order valence-corrected chi connectivity index (χ1v) is 7.22. The summed E-state index contributed by atoms with van der Waals surface area (Å²) >= 11 is 5.91. The highest BCUT2D eigenvalue weighted by molar-refractivity contribution is 6.31. The van der Waals surface area contributed by atoms with Crippen LogP contribution in [0.15, 0.2) is 28.7 Å². The Morgan fingerprint density at radius 2 is 2.25 bits per heavy atom. The summed E-state index contributed by atoms with van der Waals surface area (Å²) in [5, 5.41) is 4.38. The maximum atomic E-state index is 12.1. The predicted octanol–water partition coefficient (Wildman–Crippen LogP) is 2.94. The van der Waals surface area contributed by atoms with E-state index in [1.165, 1.54) is 0 Å². The molecule has 0 saturated heterocycles. The van der Waals surface area contributed by atoms with E-state index < -0.39 is 0 Å². The number of halogens is 1. The number of fused-ring (bicyclic) bond motifs is 1. The van der Waals surface area contributed by atoms with Gasteiger partial charge in [-0.25, -0.2) is 0 Å². The van der Waals surface area contributed by atoms with E-state index in [1.54, 1.807) is 24.3 Å². The molecular weight excluding hydrogens is 276 g/mol. The first-order chi connectivity index (χ1) is 9.61. The molecule has 2 atom stereocenters. The molecule has 1 aromatic carbocycles. The number of furan rings is 1. The smallest absolute Gasteiger partial charge is 0.287 e. The second kappa shape index (κ2) is 5.46. The number of hydrogen-bond acceptors (Lipinski definition) is 3. The molecule has 106 valence electrons. The second-order valence-corrected chi connectivity index (χ2v) is 5.88. The van der Waals surface area contributed by atoms with Crippen molar-refractivity contribution in [3.8, 4) is 0 Å². The van der Waals surface area contributed by atoms with Crippen molar-refractivity contribution < 1.29 is 9.21 Å². The van der Waals surface area contributed by atoms with Crippen molar-refractivity contribution in [3.63, 3.8) is 0 Å². The molecule has 0 bridgehead atoms. The third-order valence-electron chi connectivity index (χ3n) is 3.84. The third-order valence-corrected chi connectivity index (χ3v) is 4.07. The number of hydrogen-bond donors (Lipinski definition) is 2. The zero-order valence-electron chi connectivity index (χ0n) is 11.1. The highest BCUT2D eigenvalue weighted by atomic mass is 35.5. The molecule has 3 N–H and O–H groups in total. The van der Waals surface area contributed by atoms with E-state index in [4.69, 9.17) is 21.8 Å². The Bertz CT molecular complexity index is 638. The van der Waals surface area contributed by atoms with Gasteiger partial charge in [0.15, 0.2) is 5.76 Å². The molecule has 0 aliphatic heterocycles. The van der Waals surface area contributed by atoms with Crippen LogP contribution < -0.4 is 11.1 Å². The summed E-state index contributed by atoms with van der Waals surface area (Å²) in [6.45, 7) is 0.657. The van der Waals surface area contributed by atoms with Gasteiger partial charge in [-0.2, -0.15) is 0 Å². The molecule has 1 aromatic heterocycles. The second-order valence-electron chi connectivity index (χ2n) is 5.44. The van der Waals surface area contributed by atoms with Gasteiger partial charge < -0.3 is 15.5 Å². The van der Waals surface area contributed by atoms with Gasteiger partial charge in [-0.3, -0.25) is 4.79 Å². The Balaban J connectivity index is 1.66. The summed E-state index contributed by atoms with van der Waals surface area (Å²) in [6.07, 6.45) is 3.11. The lowest BCUT2D eigenvalue weighted by Gasteiger charge is -2.09. The molecule has 1 heterocycles. The molecule has 3 rings (SSSR count). The van der Waals surface area contributed by atoms with Crippen molar-refractivity contribution in [1.29, 1.82) is 0 Å². The van der Waals surface area contributed by atoms with Crippen LogP contribution in [0.25, 0.3) is 11.0 Å². The number of amides is 1. The lowest BCUT2D eigenvalue weighted by molar-refractivity contribution is 0.0921. The van der Waals surface area contributed by atoms with Crippen molar-refractivity contribution in [1.82, 2.24) is 5.32 Å². The maximum absolute atomic E-state index is 12.1.